The van der Waals surface area contributed by atoms with E-state index in [1.807, 2.05) is 0 Å². The van der Waals surface area contributed by atoms with Crippen molar-refractivity contribution in [1.82, 2.24) is 9.80 Å². The average Bonchev–Trinajstić information content (AvgIpc) is 2.32. The summed E-state index contributed by atoms with van der Waals surface area (Å²) in [6, 6.07) is 0. The highest BCUT2D eigenvalue weighted by Crippen LogP contribution is 2.06. The molecule has 0 aliphatic carbocycles. The summed E-state index contributed by atoms with van der Waals surface area (Å²) in [6.07, 6.45) is 8.58. The van der Waals surface area contributed by atoms with Crippen LogP contribution in [-0.4, -0.2) is 49.6 Å². The van der Waals surface area contributed by atoms with E-state index in [4.69, 9.17) is 0 Å². The van der Waals surface area contributed by atoms with Gasteiger partial charge in [-0.3, -0.25) is 0 Å². The smallest absolute Gasteiger partial charge is 0.00188 e. The third kappa shape index (κ3) is 7.24. The van der Waals surface area contributed by atoms with Crippen molar-refractivity contribution >= 4 is 0 Å². The van der Waals surface area contributed by atoms with E-state index in [-0.39, 0.29) is 7.43 Å². The van der Waals surface area contributed by atoms with Crippen molar-refractivity contribution < 1.29 is 0 Å². The highest BCUT2D eigenvalue weighted by Gasteiger charge is 2.05. The second kappa shape index (κ2) is 10.1. The van der Waals surface area contributed by atoms with E-state index >= 15 is 0 Å². The van der Waals surface area contributed by atoms with Gasteiger partial charge in [0.1, 0.15) is 0 Å². The Balaban J connectivity index is 0.000000267. The Morgan fingerprint density at radius 3 is 1.44 bits per heavy atom. The maximum Gasteiger partial charge on any atom is -0.00188 e. The maximum absolute atomic E-state index is 2.52. The SMILES string of the molecule is C.CCN1CCCCC1.CN1CCCCC1. The maximum atomic E-state index is 2.52. The molecule has 0 radical (unpaired) electrons. The van der Waals surface area contributed by atoms with Crippen LogP contribution in [0.5, 0.6) is 0 Å². The zero-order chi connectivity index (χ0) is 10.9. The molecule has 0 atom stereocenters. The first-order chi connectivity index (χ1) is 7.33. The second-order valence-electron chi connectivity index (χ2n) is 4.86. The van der Waals surface area contributed by atoms with Gasteiger partial charge < -0.3 is 9.80 Å². The standard InChI is InChI=1S/C7H15N.C6H13N.CH4/c1-2-8-6-4-3-5-7-8;1-7-5-3-2-4-6-7;/h2-7H2,1H3;2-6H2,1H3;1H4. The molecule has 0 saturated carbocycles. The fourth-order valence-corrected chi connectivity index (χ4v) is 2.33. The van der Waals surface area contributed by atoms with Gasteiger partial charge in [-0.2, -0.15) is 0 Å². The van der Waals surface area contributed by atoms with Gasteiger partial charge in [-0.1, -0.05) is 27.2 Å². The van der Waals surface area contributed by atoms with Crippen molar-refractivity contribution in [3.05, 3.63) is 0 Å². The predicted octanol–water partition coefficient (Wildman–Crippen LogP) is 3.23. The van der Waals surface area contributed by atoms with Gasteiger partial charge in [-0.15, -0.1) is 0 Å². The molecular weight excluding hydrogens is 196 g/mol. The zero-order valence-corrected chi connectivity index (χ0v) is 10.7. The van der Waals surface area contributed by atoms with Gasteiger partial charge in [0.25, 0.3) is 0 Å². The topological polar surface area (TPSA) is 6.48 Å². The molecule has 2 heteroatoms. The van der Waals surface area contributed by atoms with Gasteiger partial charge in [0.05, 0.1) is 0 Å². The molecule has 0 aromatic heterocycles. The summed E-state index contributed by atoms with van der Waals surface area (Å²) in [5, 5.41) is 0. The lowest BCUT2D eigenvalue weighted by Gasteiger charge is -2.24. The van der Waals surface area contributed by atoms with Crippen LogP contribution in [0.25, 0.3) is 0 Å². The van der Waals surface area contributed by atoms with Crippen LogP contribution in [-0.2, 0) is 0 Å². The largest absolute Gasteiger partial charge is 0.306 e. The normalized spacial score (nSPS) is 22.9. The molecule has 2 aliphatic rings. The first-order valence-corrected chi connectivity index (χ1v) is 6.74. The molecule has 0 spiro atoms. The van der Waals surface area contributed by atoms with Crippen LogP contribution in [0.2, 0.25) is 0 Å². The van der Waals surface area contributed by atoms with E-state index in [0.717, 1.165) is 0 Å². The van der Waals surface area contributed by atoms with Gasteiger partial charge in [-0.25, -0.2) is 0 Å². The average molecular weight is 228 g/mol. The Morgan fingerprint density at radius 2 is 1.19 bits per heavy atom. The second-order valence-corrected chi connectivity index (χ2v) is 4.86. The summed E-state index contributed by atoms with van der Waals surface area (Å²) < 4.78 is 0. The van der Waals surface area contributed by atoms with Gasteiger partial charge >= 0.3 is 0 Å². The Kier molecular flexibility index (Phi) is 10.0. The zero-order valence-electron chi connectivity index (χ0n) is 10.7. The lowest BCUT2D eigenvalue weighted by Crippen LogP contribution is -2.29. The molecule has 2 heterocycles. The minimum absolute atomic E-state index is 0. The van der Waals surface area contributed by atoms with Gasteiger partial charge in [0.15, 0.2) is 0 Å². The molecule has 0 aromatic carbocycles. The van der Waals surface area contributed by atoms with E-state index in [1.54, 1.807) is 0 Å². The Morgan fingerprint density at radius 1 is 0.750 bits per heavy atom. The van der Waals surface area contributed by atoms with Crippen molar-refractivity contribution in [2.45, 2.75) is 52.9 Å². The highest BCUT2D eigenvalue weighted by molar-refractivity contribution is 4.61. The monoisotopic (exact) mass is 228 g/mol. The van der Waals surface area contributed by atoms with Gasteiger partial charge in [-0.05, 0) is 65.5 Å². The first kappa shape index (κ1) is 15.9. The molecule has 0 bridgehead atoms. The molecule has 0 aromatic rings. The Hall–Kier alpha value is -0.0800. The van der Waals surface area contributed by atoms with Crippen molar-refractivity contribution in [3.8, 4) is 0 Å². The Labute approximate surface area is 103 Å². The van der Waals surface area contributed by atoms with Crippen LogP contribution in [0.3, 0.4) is 0 Å². The quantitative estimate of drug-likeness (QED) is 0.680. The molecule has 2 aliphatic heterocycles. The van der Waals surface area contributed by atoms with Crippen molar-refractivity contribution in [2.24, 2.45) is 0 Å². The molecule has 98 valence electrons. The fourth-order valence-electron chi connectivity index (χ4n) is 2.33. The number of hydrogen-bond acceptors (Lipinski definition) is 2. The Bertz CT molecular complexity index is 136. The predicted molar refractivity (Wildman–Crippen MR) is 74.0 cm³/mol. The minimum atomic E-state index is 0. The summed E-state index contributed by atoms with van der Waals surface area (Å²) in [6.45, 7) is 8.82. The van der Waals surface area contributed by atoms with Crippen molar-refractivity contribution in [2.75, 3.05) is 39.8 Å². The number of piperidine rings is 2. The van der Waals surface area contributed by atoms with Crippen molar-refractivity contribution in [3.63, 3.8) is 0 Å². The van der Waals surface area contributed by atoms with Crippen LogP contribution in [0, 0.1) is 0 Å². The number of rotatable bonds is 1. The molecular formula is C14H32N2. The van der Waals surface area contributed by atoms with E-state index in [9.17, 15) is 0 Å². The molecule has 0 amide bonds. The number of nitrogens with zero attached hydrogens (tertiary/aromatic N) is 2. The summed E-state index contributed by atoms with van der Waals surface area (Å²) in [5.41, 5.74) is 0. The molecule has 16 heavy (non-hydrogen) atoms. The van der Waals surface area contributed by atoms with Crippen LogP contribution in [0.15, 0.2) is 0 Å². The summed E-state index contributed by atoms with van der Waals surface area (Å²) in [7, 11) is 2.19. The molecule has 0 unspecified atom stereocenters. The fraction of sp³-hybridized carbons (Fsp3) is 1.00. The molecule has 2 fully saturated rings. The highest BCUT2D eigenvalue weighted by atomic mass is 15.1. The van der Waals surface area contributed by atoms with Crippen LogP contribution in [0.1, 0.15) is 52.9 Å². The lowest BCUT2D eigenvalue weighted by molar-refractivity contribution is 0.240. The van der Waals surface area contributed by atoms with E-state index in [2.05, 4.69) is 23.8 Å². The molecule has 0 N–H and O–H groups in total. The summed E-state index contributed by atoms with van der Waals surface area (Å²) >= 11 is 0. The summed E-state index contributed by atoms with van der Waals surface area (Å²) in [5.74, 6) is 0. The van der Waals surface area contributed by atoms with Crippen LogP contribution >= 0.6 is 0 Å². The number of likely N-dealkylation sites (tertiary alicyclic amines) is 2. The van der Waals surface area contributed by atoms with E-state index < -0.39 is 0 Å². The lowest BCUT2D eigenvalue weighted by atomic mass is 10.1. The van der Waals surface area contributed by atoms with E-state index in [0.29, 0.717) is 0 Å². The minimum Gasteiger partial charge on any atom is -0.306 e. The molecule has 2 rings (SSSR count). The molecule has 2 saturated heterocycles. The van der Waals surface area contributed by atoms with E-state index in [1.165, 1.54) is 71.2 Å². The third-order valence-corrected chi connectivity index (χ3v) is 3.48. The van der Waals surface area contributed by atoms with Crippen molar-refractivity contribution in [1.29, 1.82) is 0 Å². The molecule has 2 nitrogen and oxygen atoms in total. The summed E-state index contributed by atoms with van der Waals surface area (Å²) in [4.78, 5) is 4.91. The van der Waals surface area contributed by atoms with Gasteiger partial charge in [0, 0.05) is 0 Å². The third-order valence-electron chi connectivity index (χ3n) is 3.48. The van der Waals surface area contributed by atoms with Crippen LogP contribution in [0.4, 0.5) is 0 Å². The van der Waals surface area contributed by atoms with Crippen LogP contribution < -0.4 is 0 Å². The first-order valence-electron chi connectivity index (χ1n) is 6.74. The number of hydrogen-bond donors (Lipinski definition) is 0. The van der Waals surface area contributed by atoms with Gasteiger partial charge in [0.2, 0.25) is 0 Å².